The molecule has 22 heavy (non-hydrogen) atoms. The van der Waals surface area contributed by atoms with Crippen molar-refractivity contribution in [2.24, 2.45) is 0 Å². The number of benzene rings is 1. The van der Waals surface area contributed by atoms with Crippen LogP contribution in [0.5, 0.6) is 0 Å². The van der Waals surface area contributed by atoms with E-state index in [9.17, 15) is 0 Å². The van der Waals surface area contributed by atoms with Gasteiger partial charge in [-0.05, 0) is 19.4 Å². The minimum atomic E-state index is 0.115. The second-order valence-electron chi connectivity index (χ2n) is 6.49. The molecule has 0 saturated carbocycles. The summed E-state index contributed by atoms with van der Waals surface area (Å²) in [5, 5.41) is 3.61. The van der Waals surface area contributed by atoms with Crippen LogP contribution in [0.25, 0.3) is 4.96 Å². The Morgan fingerprint density at radius 3 is 2.64 bits per heavy atom. The minimum Gasteiger partial charge on any atom is -0.310 e. The molecule has 1 aromatic carbocycles. The molecule has 3 rings (SSSR count). The Morgan fingerprint density at radius 1 is 1.18 bits per heavy atom. The lowest BCUT2D eigenvalue weighted by Gasteiger charge is -2.25. The van der Waals surface area contributed by atoms with Gasteiger partial charge in [0.25, 0.3) is 0 Å². The molecule has 0 fully saturated rings. The lowest BCUT2D eigenvalue weighted by molar-refractivity contribution is 0.466. The lowest BCUT2D eigenvalue weighted by atomic mass is 9.84. The molecule has 116 valence electrons. The van der Waals surface area contributed by atoms with Gasteiger partial charge >= 0.3 is 0 Å². The van der Waals surface area contributed by atoms with Crippen molar-refractivity contribution in [1.82, 2.24) is 14.7 Å². The van der Waals surface area contributed by atoms with Gasteiger partial charge in [0.1, 0.15) is 0 Å². The topological polar surface area (TPSA) is 29.3 Å². The molecule has 0 bridgehead atoms. The smallest absolute Gasteiger partial charge is 0.194 e. The van der Waals surface area contributed by atoms with Crippen LogP contribution >= 0.6 is 11.3 Å². The highest BCUT2D eigenvalue weighted by atomic mass is 32.1. The number of hydrogen-bond donors (Lipinski definition) is 1. The normalized spacial score (nSPS) is 12.2. The van der Waals surface area contributed by atoms with Crippen LogP contribution in [0.2, 0.25) is 0 Å². The highest BCUT2D eigenvalue weighted by Gasteiger charge is 2.20. The predicted molar refractivity (Wildman–Crippen MR) is 93.7 cm³/mol. The Kier molecular flexibility index (Phi) is 4.06. The first-order valence-electron chi connectivity index (χ1n) is 7.67. The van der Waals surface area contributed by atoms with Crippen LogP contribution in [0.4, 0.5) is 0 Å². The number of imidazole rings is 1. The molecule has 3 nitrogen and oxygen atoms in total. The maximum atomic E-state index is 4.65. The van der Waals surface area contributed by atoms with Crippen LogP contribution in [-0.2, 0) is 12.0 Å². The van der Waals surface area contributed by atoms with E-state index in [0.29, 0.717) is 0 Å². The Morgan fingerprint density at radius 2 is 1.91 bits per heavy atom. The summed E-state index contributed by atoms with van der Waals surface area (Å²) in [5.41, 5.74) is 3.87. The standard InChI is InChI=1S/C18H23N3S/c1-13-11-21-16(14(2)20-17(21)22-13)10-19-12-18(3,4)15-8-6-5-7-9-15/h5-9,11,19H,10,12H2,1-4H3. The van der Waals surface area contributed by atoms with E-state index in [-0.39, 0.29) is 5.41 Å². The van der Waals surface area contributed by atoms with E-state index < -0.39 is 0 Å². The summed E-state index contributed by atoms with van der Waals surface area (Å²) in [7, 11) is 0. The van der Waals surface area contributed by atoms with E-state index in [1.807, 2.05) is 0 Å². The summed E-state index contributed by atoms with van der Waals surface area (Å²) in [4.78, 5) is 7.04. The summed E-state index contributed by atoms with van der Waals surface area (Å²) in [6, 6.07) is 10.7. The molecule has 0 unspecified atom stereocenters. The van der Waals surface area contributed by atoms with Gasteiger partial charge in [0, 0.05) is 29.6 Å². The Hall–Kier alpha value is -1.65. The first kappa shape index (κ1) is 15.3. The quantitative estimate of drug-likeness (QED) is 0.769. The van der Waals surface area contributed by atoms with Gasteiger partial charge in [0.05, 0.1) is 11.4 Å². The molecule has 0 saturated heterocycles. The van der Waals surface area contributed by atoms with Crippen molar-refractivity contribution in [2.45, 2.75) is 39.7 Å². The van der Waals surface area contributed by atoms with Crippen molar-refractivity contribution in [3.63, 3.8) is 0 Å². The molecule has 0 aliphatic carbocycles. The van der Waals surface area contributed by atoms with Gasteiger partial charge in [-0.15, -0.1) is 11.3 Å². The van der Waals surface area contributed by atoms with Gasteiger partial charge in [-0.25, -0.2) is 4.98 Å². The van der Waals surface area contributed by atoms with Gasteiger partial charge in [-0.1, -0.05) is 44.2 Å². The number of thiazole rings is 1. The maximum Gasteiger partial charge on any atom is 0.194 e. The zero-order valence-electron chi connectivity index (χ0n) is 13.7. The second-order valence-corrected chi connectivity index (χ2v) is 7.70. The van der Waals surface area contributed by atoms with Crippen molar-refractivity contribution < 1.29 is 0 Å². The Balaban J connectivity index is 1.71. The average molecular weight is 313 g/mol. The first-order chi connectivity index (χ1) is 10.5. The molecule has 1 N–H and O–H groups in total. The molecular formula is C18H23N3S. The van der Waals surface area contributed by atoms with Crippen LogP contribution < -0.4 is 5.32 Å². The van der Waals surface area contributed by atoms with Gasteiger partial charge in [0.15, 0.2) is 4.96 Å². The van der Waals surface area contributed by atoms with Crippen LogP contribution in [0.15, 0.2) is 36.5 Å². The molecular weight excluding hydrogens is 290 g/mol. The van der Waals surface area contributed by atoms with E-state index in [4.69, 9.17) is 0 Å². The third-order valence-corrected chi connectivity index (χ3v) is 5.05. The van der Waals surface area contributed by atoms with E-state index in [2.05, 4.69) is 78.9 Å². The maximum absolute atomic E-state index is 4.65. The number of rotatable bonds is 5. The van der Waals surface area contributed by atoms with Crippen molar-refractivity contribution in [1.29, 1.82) is 0 Å². The molecule has 0 aliphatic rings. The largest absolute Gasteiger partial charge is 0.310 e. The number of nitrogens with zero attached hydrogens (tertiary/aromatic N) is 2. The third-order valence-electron chi connectivity index (χ3n) is 4.16. The van der Waals surface area contributed by atoms with Crippen LogP contribution in [-0.4, -0.2) is 15.9 Å². The molecule has 0 amide bonds. The zero-order chi connectivity index (χ0) is 15.7. The van der Waals surface area contributed by atoms with Gasteiger partial charge in [0.2, 0.25) is 0 Å². The fraction of sp³-hybridized carbons (Fsp3) is 0.389. The zero-order valence-corrected chi connectivity index (χ0v) is 14.5. The van der Waals surface area contributed by atoms with E-state index >= 15 is 0 Å². The van der Waals surface area contributed by atoms with Crippen molar-refractivity contribution >= 4 is 16.3 Å². The van der Waals surface area contributed by atoms with Gasteiger partial charge < -0.3 is 5.32 Å². The Bertz CT molecular complexity index is 768. The van der Waals surface area contributed by atoms with E-state index in [0.717, 1.165) is 23.7 Å². The molecule has 3 aromatic rings. The van der Waals surface area contributed by atoms with Crippen molar-refractivity contribution in [2.75, 3.05) is 6.54 Å². The number of nitrogens with one attached hydrogen (secondary N) is 1. The van der Waals surface area contributed by atoms with Crippen molar-refractivity contribution in [3.8, 4) is 0 Å². The van der Waals surface area contributed by atoms with Crippen LogP contribution in [0, 0.1) is 13.8 Å². The summed E-state index contributed by atoms with van der Waals surface area (Å²) in [6.07, 6.45) is 2.18. The molecule has 0 radical (unpaired) electrons. The van der Waals surface area contributed by atoms with Gasteiger partial charge in [-0.3, -0.25) is 4.40 Å². The average Bonchev–Trinajstić information content (AvgIpc) is 2.96. The van der Waals surface area contributed by atoms with Gasteiger partial charge in [-0.2, -0.15) is 0 Å². The summed E-state index contributed by atoms with van der Waals surface area (Å²) in [6.45, 7) is 10.6. The highest BCUT2D eigenvalue weighted by Crippen LogP contribution is 2.23. The lowest BCUT2D eigenvalue weighted by Crippen LogP contribution is -2.33. The van der Waals surface area contributed by atoms with Crippen molar-refractivity contribution in [3.05, 3.63) is 58.4 Å². The molecule has 0 spiro atoms. The second kappa shape index (κ2) is 5.86. The number of aromatic nitrogens is 2. The SMILES string of the molecule is Cc1cn2c(CNCC(C)(C)c3ccccc3)c(C)nc2s1. The van der Waals surface area contributed by atoms with Crippen LogP contribution in [0.3, 0.4) is 0 Å². The molecule has 4 heteroatoms. The Labute approximate surface area is 136 Å². The van der Waals surface area contributed by atoms with Crippen LogP contribution in [0.1, 0.15) is 35.7 Å². The van der Waals surface area contributed by atoms with E-state index in [1.165, 1.54) is 16.1 Å². The molecule has 0 aliphatic heterocycles. The fourth-order valence-corrected chi connectivity index (χ4v) is 3.70. The molecule has 2 aromatic heterocycles. The minimum absolute atomic E-state index is 0.115. The van der Waals surface area contributed by atoms with E-state index in [1.54, 1.807) is 11.3 Å². The summed E-state index contributed by atoms with van der Waals surface area (Å²) >= 11 is 1.75. The summed E-state index contributed by atoms with van der Waals surface area (Å²) in [5.74, 6) is 0. The fourth-order valence-electron chi connectivity index (χ4n) is 2.81. The number of aryl methyl sites for hydroxylation is 2. The summed E-state index contributed by atoms with van der Waals surface area (Å²) < 4.78 is 2.22. The third kappa shape index (κ3) is 2.94. The number of fused-ring (bicyclic) bond motifs is 1. The monoisotopic (exact) mass is 313 g/mol. The first-order valence-corrected chi connectivity index (χ1v) is 8.49. The molecule has 0 atom stereocenters. The number of hydrogen-bond acceptors (Lipinski definition) is 3. The predicted octanol–water partition coefficient (Wildman–Crippen LogP) is 4.08. The highest BCUT2D eigenvalue weighted by molar-refractivity contribution is 7.17. The molecule has 2 heterocycles.